The van der Waals surface area contributed by atoms with Crippen LogP contribution in [0.15, 0.2) is 0 Å². The number of nitrogens with one attached hydrogen (secondary N) is 1. The number of alkyl halides is 1. The third kappa shape index (κ3) is 5.14. The Hall–Kier alpha value is -0.240. The van der Waals surface area contributed by atoms with Crippen molar-refractivity contribution in [3.8, 4) is 0 Å². The Balaban J connectivity index is 4.30. The first kappa shape index (κ1) is 12.8. The topological polar surface area (TPSA) is 29.1 Å². The molecule has 0 aliphatic heterocycles. The van der Waals surface area contributed by atoms with E-state index in [0.29, 0.717) is 0 Å². The number of hydrogen-bond donors (Lipinski definition) is 1. The molecule has 0 aliphatic rings. The van der Waals surface area contributed by atoms with Gasteiger partial charge in [-0.3, -0.25) is 4.79 Å². The second-order valence-electron chi connectivity index (χ2n) is 5.03. The van der Waals surface area contributed by atoms with E-state index in [9.17, 15) is 4.79 Å². The lowest BCUT2D eigenvalue weighted by Gasteiger charge is -2.28. The summed E-state index contributed by atoms with van der Waals surface area (Å²) >= 11 is 6.05. The van der Waals surface area contributed by atoms with Crippen LogP contribution in [0.4, 0.5) is 0 Å². The Morgan fingerprint density at radius 2 is 1.62 bits per heavy atom. The lowest BCUT2D eigenvalue weighted by molar-refractivity contribution is -0.126. The van der Waals surface area contributed by atoms with Gasteiger partial charge in [-0.15, -0.1) is 11.6 Å². The molecule has 0 aromatic rings. The second-order valence-corrected chi connectivity index (χ2v) is 6.00. The highest BCUT2D eigenvalue weighted by Crippen LogP contribution is 2.24. The van der Waals surface area contributed by atoms with Gasteiger partial charge in [0.05, 0.1) is 10.8 Å². The van der Waals surface area contributed by atoms with Gasteiger partial charge in [0.25, 0.3) is 0 Å². The van der Waals surface area contributed by atoms with E-state index >= 15 is 0 Å². The molecule has 0 rings (SSSR count). The molecule has 3 heteroatoms. The van der Waals surface area contributed by atoms with Crippen LogP contribution in [0.2, 0.25) is 0 Å². The van der Waals surface area contributed by atoms with Crippen LogP contribution >= 0.6 is 11.6 Å². The van der Waals surface area contributed by atoms with E-state index in [2.05, 4.69) is 5.32 Å². The van der Waals surface area contributed by atoms with E-state index < -0.39 is 4.87 Å². The summed E-state index contributed by atoms with van der Waals surface area (Å²) in [6.07, 6.45) is 0. The fraction of sp³-hybridized carbons (Fsp3) is 0.900. The van der Waals surface area contributed by atoms with Gasteiger partial charge in [0, 0.05) is 5.54 Å². The van der Waals surface area contributed by atoms with Crippen LogP contribution in [0, 0.1) is 5.92 Å². The lowest BCUT2D eigenvalue weighted by Crippen LogP contribution is -2.47. The van der Waals surface area contributed by atoms with Crippen LogP contribution in [0.1, 0.15) is 41.5 Å². The first-order valence-electron chi connectivity index (χ1n) is 4.55. The molecule has 0 radical (unpaired) electrons. The van der Waals surface area contributed by atoms with Gasteiger partial charge in [-0.2, -0.15) is 0 Å². The Kier molecular flexibility index (Phi) is 3.80. The average Bonchev–Trinajstić information content (AvgIpc) is 1.79. The van der Waals surface area contributed by atoms with Gasteiger partial charge in [0.2, 0.25) is 5.91 Å². The molecule has 0 heterocycles. The number of carbonyl (C=O) groups is 1. The van der Waals surface area contributed by atoms with Gasteiger partial charge in [0.1, 0.15) is 0 Å². The third-order valence-electron chi connectivity index (χ3n) is 1.92. The van der Waals surface area contributed by atoms with Crippen molar-refractivity contribution in [3.63, 3.8) is 0 Å². The quantitative estimate of drug-likeness (QED) is 0.690. The van der Waals surface area contributed by atoms with Crippen LogP contribution in [-0.2, 0) is 4.79 Å². The molecule has 0 fully saturated rings. The Morgan fingerprint density at radius 3 is 1.85 bits per heavy atom. The van der Waals surface area contributed by atoms with Gasteiger partial charge in [-0.05, 0) is 34.6 Å². The lowest BCUT2D eigenvalue weighted by atomic mass is 9.95. The molecule has 0 aliphatic carbocycles. The molecule has 2 nitrogen and oxygen atoms in total. The fourth-order valence-electron chi connectivity index (χ4n) is 0.790. The van der Waals surface area contributed by atoms with Crippen LogP contribution in [-0.4, -0.2) is 16.3 Å². The van der Waals surface area contributed by atoms with Gasteiger partial charge < -0.3 is 5.32 Å². The molecule has 0 saturated carbocycles. The van der Waals surface area contributed by atoms with Gasteiger partial charge in [0.15, 0.2) is 0 Å². The number of rotatable bonds is 2. The minimum Gasteiger partial charge on any atom is -0.351 e. The molecule has 0 unspecified atom stereocenters. The maximum Gasteiger partial charge on any atom is 0.224 e. The molecule has 0 saturated heterocycles. The summed E-state index contributed by atoms with van der Waals surface area (Å²) in [5, 5.41) is 2.90. The van der Waals surface area contributed by atoms with Gasteiger partial charge in [-0.25, -0.2) is 0 Å². The third-order valence-corrected chi connectivity index (χ3v) is 2.25. The summed E-state index contributed by atoms with van der Waals surface area (Å²) < 4.78 is 0. The number of carbonyl (C=O) groups excluding carboxylic acids is 1. The maximum absolute atomic E-state index is 11.6. The summed E-state index contributed by atoms with van der Waals surface area (Å²) in [5.74, 6) is -0.180. The second kappa shape index (κ2) is 3.87. The van der Waals surface area contributed by atoms with Crippen molar-refractivity contribution in [1.82, 2.24) is 5.32 Å². The highest BCUT2D eigenvalue weighted by atomic mass is 35.5. The summed E-state index contributed by atoms with van der Waals surface area (Å²) in [5.41, 5.74) is -0.187. The highest BCUT2D eigenvalue weighted by Gasteiger charge is 2.30. The molecule has 0 aromatic heterocycles. The van der Waals surface area contributed by atoms with E-state index in [1.807, 2.05) is 41.5 Å². The van der Waals surface area contributed by atoms with Crippen molar-refractivity contribution in [1.29, 1.82) is 0 Å². The molecular formula is C10H20ClNO. The summed E-state index contributed by atoms with van der Waals surface area (Å²) in [6, 6.07) is 0. The van der Waals surface area contributed by atoms with E-state index in [-0.39, 0.29) is 17.4 Å². The monoisotopic (exact) mass is 205 g/mol. The summed E-state index contributed by atoms with van der Waals surface area (Å²) in [7, 11) is 0. The number of amides is 1. The minimum atomic E-state index is -0.491. The number of halogens is 1. The normalized spacial score (nSPS) is 15.3. The molecule has 78 valence electrons. The molecule has 0 aromatic carbocycles. The largest absolute Gasteiger partial charge is 0.351 e. The van der Waals surface area contributed by atoms with Crippen molar-refractivity contribution in [2.24, 2.45) is 5.92 Å². The minimum absolute atomic E-state index is 0.00694. The predicted octanol–water partition coefficient (Wildman–Crippen LogP) is 2.55. The van der Waals surface area contributed by atoms with Crippen molar-refractivity contribution in [3.05, 3.63) is 0 Å². The van der Waals surface area contributed by atoms with Crippen LogP contribution in [0.25, 0.3) is 0 Å². The zero-order chi connectivity index (χ0) is 10.9. The van der Waals surface area contributed by atoms with Crippen LogP contribution in [0.5, 0.6) is 0 Å². The number of hydrogen-bond acceptors (Lipinski definition) is 1. The van der Waals surface area contributed by atoms with Gasteiger partial charge in [-0.1, -0.05) is 6.92 Å². The Bertz CT molecular complexity index is 188. The van der Waals surface area contributed by atoms with E-state index in [1.54, 1.807) is 0 Å². The van der Waals surface area contributed by atoms with Crippen LogP contribution in [0.3, 0.4) is 0 Å². The molecular weight excluding hydrogens is 186 g/mol. The van der Waals surface area contributed by atoms with Crippen molar-refractivity contribution < 1.29 is 4.79 Å². The summed E-state index contributed by atoms with van der Waals surface area (Å²) in [4.78, 5) is 11.1. The smallest absolute Gasteiger partial charge is 0.224 e. The Labute approximate surface area is 86.0 Å². The average molecular weight is 206 g/mol. The van der Waals surface area contributed by atoms with Crippen molar-refractivity contribution in [2.75, 3.05) is 0 Å². The summed E-state index contributed by atoms with van der Waals surface area (Å²) in [6.45, 7) is 11.4. The fourth-order valence-corrected chi connectivity index (χ4v) is 0.889. The van der Waals surface area contributed by atoms with E-state index in [4.69, 9.17) is 11.6 Å². The van der Waals surface area contributed by atoms with Gasteiger partial charge >= 0.3 is 0 Å². The predicted molar refractivity (Wildman–Crippen MR) is 57.0 cm³/mol. The maximum atomic E-state index is 11.6. The molecule has 0 spiro atoms. The molecule has 1 amide bonds. The standard InChI is InChI=1S/C10H20ClNO/c1-7(10(5,6)11)8(13)12-9(2,3)4/h7H,1-6H3,(H,12,13)/t7-/m0/s1. The first-order valence-corrected chi connectivity index (χ1v) is 4.93. The van der Waals surface area contributed by atoms with Crippen molar-refractivity contribution >= 4 is 17.5 Å². The molecule has 1 N–H and O–H groups in total. The van der Waals surface area contributed by atoms with Crippen molar-refractivity contribution in [2.45, 2.75) is 52.0 Å². The zero-order valence-electron chi connectivity index (χ0n) is 9.36. The molecule has 0 bridgehead atoms. The van der Waals surface area contributed by atoms with E-state index in [1.165, 1.54) is 0 Å². The van der Waals surface area contributed by atoms with E-state index in [0.717, 1.165) is 0 Å². The Morgan fingerprint density at radius 1 is 1.23 bits per heavy atom. The molecule has 1 atom stereocenters. The highest BCUT2D eigenvalue weighted by molar-refractivity contribution is 6.24. The zero-order valence-corrected chi connectivity index (χ0v) is 10.1. The first-order chi connectivity index (χ1) is 5.54. The van der Waals surface area contributed by atoms with Crippen LogP contribution < -0.4 is 5.32 Å². The molecule has 13 heavy (non-hydrogen) atoms. The SMILES string of the molecule is C[C@@H](C(=O)NC(C)(C)C)C(C)(C)Cl.